The van der Waals surface area contributed by atoms with Crippen molar-refractivity contribution in [2.24, 2.45) is 5.41 Å². The van der Waals surface area contributed by atoms with Crippen LogP contribution in [-0.4, -0.2) is 44.1 Å². The Labute approximate surface area is 103 Å². The summed E-state index contributed by atoms with van der Waals surface area (Å²) in [7, 11) is -2.99. The Balaban J connectivity index is 2.54. The fourth-order valence-electron chi connectivity index (χ4n) is 2.25. The fourth-order valence-corrected chi connectivity index (χ4v) is 3.12. The van der Waals surface area contributed by atoms with Gasteiger partial charge in [0.25, 0.3) is 0 Å². The molecule has 1 heterocycles. The molecule has 1 unspecified atom stereocenters. The lowest BCUT2D eigenvalue weighted by atomic mass is 9.77. The van der Waals surface area contributed by atoms with Crippen molar-refractivity contribution in [1.82, 2.24) is 5.32 Å². The number of carboxylic acid groups (broad SMARTS) is 1. The number of carboxylic acids is 1. The lowest BCUT2D eigenvalue weighted by molar-refractivity contribution is -0.150. The van der Waals surface area contributed by atoms with Gasteiger partial charge in [0.05, 0.1) is 11.2 Å². The van der Waals surface area contributed by atoms with Gasteiger partial charge in [-0.05, 0) is 32.2 Å². The van der Waals surface area contributed by atoms with Crippen LogP contribution in [0.25, 0.3) is 0 Å². The first-order chi connectivity index (χ1) is 7.92. The van der Waals surface area contributed by atoms with E-state index < -0.39 is 21.2 Å². The maximum absolute atomic E-state index is 11.4. The van der Waals surface area contributed by atoms with Crippen molar-refractivity contribution in [3.05, 3.63) is 0 Å². The largest absolute Gasteiger partial charge is 0.481 e. The topological polar surface area (TPSA) is 83.5 Å². The van der Waals surface area contributed by atoms with E-state index in [0.717, 1.165) is 13.0 Å². The van der Waals surface area contributed by atoms with Crippen LogP contribution in [0.2, 0.25) is 0 Å². The molecule has 5 nitrogen and oxygen atoms in total. The van der Waals surface area contributed by atoms with Crippen molar-refractivity contribution in [3.63, 3.8) is 0 Å². The number of rotatable bonds is 6. The molecule has 0 aliphatic carbocycles. The van der Waals surface area contributed by atoms with Crippen LogP contribution in [0.4, 0.5) is 0 Å². The minimum absolute atomic E-state index is 0.0958. The zero-order valence-corrected chi connectivity index (χ0v) is 11.1. The average Bonchev–Trinajstić information content (AvgIpc) is 2.30. The smallest absolute Gasteiger partial charge is 0.310 e. The highest BCUT2D eigenvalue weighted by Gasteiger charge is 2.39. The van der Waals surface area contributed by atoms with Crippen molar-refractivity contribution in [1.29, 1.82) is 0 Å². The van der Waals surface area contributed by atoms with Gasteiger partial charge in [-0.2, -0.15) is 0 Å². The van der Waals surface area contributed by atoms with Gasteiger partial charge >= 0.3 is 5.97 Å². The zero-order chi connectivity index (χ0) is 12.9. The van der Waals surface area contributed by atoms with Crippen molar-refractivity contribution in [2.45, 2.75) is 32.6 Å². The van der Waals surface area contributed by atoms with Gasteiger partial charge in [0, 0.05) is 12.3 Å². The molecule has 6 heteroatoms. The molecule has 0 saturated carbocycles. The van der Waals surface area contributed by atoms with Crippen LogP contribution >= 0.6 is 0 Å². The van der Waals surface area contributed by atoms with Crippen LogP contribution in [0, 0.1) is 5.41 Å². The average molecular weight is 263 g/mol. The summed E-state index contributed by atoms with van der Waals surface area (Å²) < 4.78 is 22.7. The molecule has 1 rings (SSSR count). The molecule has 1 atom stereocenters. The third-order valence-corrected chi connectivity index (χ3v) is 5.27. The van der Waals surface area contributed by atoms with Gasteiger partial charge < -0.3 is 10.4 Å². The number of carbonyl (C=O) groups is 1. The second-order valence-electron chi connectivity index (χ2n) is 4.71. The number of piperidine rings is 1. The van der Waals surface area contributed by atoms with E-state index in [-0.39, 0.29) is 11.5 Å². The summed E-state index contributed by atoms with van der Waals surface area (Å²) in [5.74, 6) is -0.581. The third-order valence-electron chi connectivity index (χ3n) is 3.48. The molecule has 1 fully saturated rings. The summed E-state index contributed by atoms with van der Waals surface area (Å²) >= 11 is 0. The standard InChI is InChI=1S/C11H21NO4S/c1-2-17(15,16)8-4-6-11(10(13)14)5-3-7-12-9-11/h12H,2-9H2,1H3,(H,13,14). The van der Waals surface area contributed by atoms with Gasteiger partial charge in [0.15, 0.2) is 0 Å². The summed E-state index contributed by atoms with van der Waals surface area (Å²) in [6, 6.07) is 0. The molecule has 0 aromatic heterocycles. The van der Waals surface area contributed by atoms with E-state index in [1.165, 1.54) is 0 Å². The Morgan fingerprint density at radius 1 is 1.47 bits per heavy atom. The first-order valence-electron chi connectivity index (χ1n) is 6.06. The van der Waals surface area contributed by atoms with Gasteiger partial charge in [0.1, 0.15) is 9.84 Å². The minimum atomic E-state index is -2.99. The minimum Gasteiger partial charge on any atom is -0.481 e. The molecule has 0 bridgehead atoms. The van der Waals surface area contributed by atoms with Crippen molar-refractivity contribution in [3.8, 4) is 0 Å². The van der Waals surface area contributed by atoms with Gasteiger partial charge in [-0.15, -0.1) is 0 Å². The molecule has 0 amide bonds. The molecule has 2 N–H and O–H groups in total. The quantitative estimate of drug-likeness (QED) is 0.735. The normalized spacial score (nSPS) is 25.7. The van der Waals surface area contributed by atoms with Gasteiger partial charge in [-0.3, -0.25) is 4.79 Å². The van der Waals surface area contributed by atoms with E-state index >= 15 is 0 Å². The van der Waals surface area contributed by atoms with Gasteiger partial charge in [-0.25, -0.2) is 8.42 Å². The van der Waals surface area contributed by atoms with Crippen molar-refractivity contribution < 1.29 is 18.3 Å². The number of hydrogen-bond acceptors (Lipinski definition) is 4. The highest BCUT2D eigenvalue weighted by atomic mass is 32.2. The van der Waals surface area contributed by atoms with E-state index in [0.29, 0.717) is 25.8 Å². The van der Waals surface area contributed by atoms with Gasteiger partial charge in [0.2, 0.25) is 0 Å². The van der Waals surface area contributed by atoms with E-state index in [1.807, 2.05) is 0 Å². The molecule has 0 spiro atoms. The Bertz CT molecular complexity index is 358. The summed E-state index contributed by atoms with van der Waals surface area (Å²) in [6.07, 6.45) is 2.35. The molecule has 100 valence electrons. The molecular weight excluding hydrogens is 242 g/mol. The predicted octanol–water partition coefficient (Wildman–Crippen LogP) is 0.656. The highest BCUT2D eigenvalue weighted by Crippen LogP contribution is 2.32. The zero-order valence-electron chi connectivity index (χ0n) is 10.2. The Morgan fingerprint density at radius 3 is 2.65 bits per heavy atom. The van der Waals surface area contributed by atoms with Crippen molar-refractivity contribution in [2.75, 3.05) is 24.6 Å². The molecule has 0 aromatic carbocycles. The number of nitrogens with one attached hydrogen (secondary N) is 1. The Morgan fingerprint density at radius 2 is 2.18 bits per heavy atom. The summed E-state index contributed by atoms with van der Waals surface area (Å²) in [5, 5.41) is 12.4. The van der Waals surface area contributed by atoms with Crippen LogP contribution in [0.5, 0.6) is 0 Å². The molecular formula is C11H21NO4S. The third kappa shape index (κ3) is 3.96. The number of aliphatic carboxylic acids is 1. The summed E-state index contributed by atoms with van der Waals surface area (Å²) in [4.78, 5) is 11.3. The first kappa shape index (κ1) is 14.4. The Kier molecular flexibility index (Phi) is 4.94. The lowest BCUT2D eigenvalue weighted by Crippen LogP contribution is -2.45. The molecule has 1 aliphatic rings. The van der Waals surface area contributed by atoms with Crippen LogP contribution in [0.15, 0.2) is 0 Å². The van der Waals surface area contributed by atoms with Crippen LogP contribution in [-0.2, 0) is 14.6 Å². The number of sulfone groups is 1. The molecule has 0 aromatic rings. The lowest BCUT2D eigenvalue weighted by Gasteiger charge is -2.33. The molecule has 1 saturated heterocycles. The monoisotopic (exact) mass is 263 g/mol. The second-order valence-corrected chi connectivity index (χ2v) is 7.18. The van der Waals surface area contributed by atoms with E-state index in [9.17, 15) is 18.3 Å². The SMILES string of the molecule is CCS(=O)(=O)CCCC1(C(=O)O)CCCNC1. The maximum Gasteiger partial charge on any atom is 0.310 e. The highest BCUT2D eigenvalue weighted by molar-refractivity contribution is 7.91. The first-order valence-corrected chi connectivity index (χ1v) is 7.88. The van der Waals surface area contributed by atoms with Crippen LogP contribution < -0.4 is 5.32 Å². The van der Waals surface area contributed by atoms with E-state index in [2.05, 4.69) is 5.32 Å². The maximum atomic E-state index is 11.4. The molecule has 17 heavy (non-hydrogen) atoms. The molecule has 0 radical (unpaired) electrons. The second kappa shape index (κ2) is 5.82. The summed E-state index contributed by atoms with van der Waals surface area (Å²) in [5.41, 5.74) is -0.762. The van der Waals surface area contributed by atoms with Crippen LogP contribution in [0.3, 0.4) is 0 Å². The predicted molar refractivity (Wildman–Crippen MR) is 65.7 cm³/mol. The van der Waals surface area contributed by atoms with Crippen LogP contribution in [0.1, 0.15) is 32.6 Å². The summed E-state index contributed by atoms with van der Waals surface area (Å²) in [6.45, 7) is 2.92. The van der Waals surface area contributed by atoms with E-state index in [1.54, 1.807) is 6.92 Å². The fraction of sp³-hybridized carbons (Fsp3) is 0.909. The van der Waals surface area contributed by atoms with E-state index in [4.69, 9.17) is 0 Å². The van der Waals surface area contributed by atoms with Gasteiger partial charge in [-0.1, -0.05) is 6.92 Å². The van der Waals surface area contributed by atoms with Crippen molar-refractivity contribution >= 4 is 15.8 Å². The molecule has 1 aliphatic heterocycles. The Hall–Kier alpha value is -0.620. The number of hydrogen-bond donors (Lipinski definition) is 2.